The fourth-order valence-electron chi connectivity index (χ4n) is 3.74. The maximum atomic E-state index is 10.9. The van der Waals surface area contributed by atoms with Crippen LogP contribution in [-0.2, 0) is 13.0 Å². The van der Waals surface area contributed by atoms with Gasteiger partial charge in [-0.3, -0.25) is 0 Å². The van der Waals surface area contributed by atoms with E-state index in [1.165, 1.54) is 12.2 Å². The molecule has 3 aliphatic rings. The van der Waals surface area contributed by atoms with Gasteiger partial charge in [-0.25, -0.2) is 0 Å². The lowest BCUT2D eigenvalue weighted by Gasteiger charge is -2.29. The first-order valence-corrected chi connectivity index (χ1v) is 9.18. The van der Waals surface area contributed by atoms with Crippen LogP contribution in [0.4, 0.5) is 0 Å². The summed E-state index contributed by atoms with van der Waals surface area (Å²) < 4.78 is 16.9. The van der Waals surface area contributed by atoms with Gasteiger partial charge in [0.05, 0.1) is 12.7 Å². The molecule has 0 aromatic heterocycles. The summed E-state index contributed by atoms with van der Waals surface area (Å²) in [6, 6.07) is 0. The summed E-state index contributed by atoms with van der Waals surface area (Å²) in [4.78, 5) is 1.74. The van der Waals surface area contributed by atoms with Crippen molar-refractivity contribution >= 4 is 11.5 Å². The number of benzene rings is 1. The SMILES string of the molecule is COc1c2c(c(C(O)=CC=C3C=CC(=[N+]([O-])[O-])C=C3)c3c1OCO3)CCN(C)C2. The number of likely N-dealkylation sites (N-methyl/N-ethyl adjacent to an activating group) is 1. The maximum absolute atomic E-state index is 10.9. The number of allylic oxidation sites excluding steroid dienone is 7. The molecule has 1 aliphatic carbocycles. The smallest absolute Gasteiger partial charge is 0.231 e. The quantitative estimate of drug-likeness (QED) is 0.475. The molecule has 0 atom stereocenters. The monoisotopic (exact) mass is 397 g/mol. The van der Waals surface area contributed by atoms with Crippen LogP contribution in [0.2, 0.25) is 0 Å². The van der Waals surface area contributed by atoms with Gasteiger partial charge < -0.3 is 34.6 Å². The van der Waals surface area contributed by atoms with Crippen molar-refractivity contribution in [1.82, 2.24) is 4.90 Å². The lowest BCUT2D eigenvalue weighted by molar-refractivity contribution is -0.377. The minimum absolute atomic E-state index is 0.0204. The Kier molecular flexibility index (Phi) is 4.94. The van der Waals surface area contributed by atoms with Crippen molar-refractivity contribution in [3.8, 4) is 17.2 Å². The average Bonchev–Trinajstić information content (AvgIpc) is 3.19. The van der Waals surface area contributed by atoms with Crippen LogP contribution in [0.25, 0.3) is 5.76 Å². The van der Waals surface area contributed by atoms with Gasteiger partial charge in [0.15, 0.2) is 11.5 Å². The summed E-state index contributed by atoms with van der Waals surface area (Å²) in [5, 5.41) is 32.5. The molecule has 0 fully saturated rings. The minimum atomic E-state index is -0.446. The molecule has 0 bridgehead atoms. The third kappa shape index (κ3) is 3.42. The van der Waals surface area contributed by atoms with Crippen molar-refractivity contribution in [1.29, 1.82) is 0 Å². The number of ether oxygens (including phenoxy) is 3. The van der Waals surface area contributed by atoms with Gasteiger partial charge in [-0.05, 0) is 42.8 Å². The van der Waals surface area contributed by atoms with Crippen LogP contribution in [0.15, 0.2) is 42.0 Å². The van der Waals surface area contributed by atoms with Crippen molar-refractivity contribution in [3.05, 3.63) is 69.1 Å². The zero-order chi connectivity index (χ0) is 20.5. The normalized spacial score (nSPS) is 18.1. The van der Waals surface area contributed by atoms with E-state index in [0.29, 0.717) is 29.4 Å². The molecular weight excluding hydrogens is 376 g/mol. The van der Waals surface area contributed by atoms with Crippen molar-refractivity contribution < 1.29 is 24.2 Å². The zero-order valence-corrected chi connectivity index (χ0v) is 16.2. The highest BCUT2D eigenvalue weighted by atomic mass is 16.8. The van der Waals surface area contributed by atoms with E-state index in [1.54, 1.807) is 31.4 Å². The van der Waals surface area contributed by atoms with Crippen molar-refractivity contribution in [2.75, 3.05) is 27.5 Å². The Morgan fingerprint density at radius 2 is 1.90 bits per heavy atom. The summed E-state index contributed by atoms with van der Waals surface area (Å²) >= 11 is 0. The molecular formula is C21H21N2O6-. The highest BCUT2D eigenvalue weighted by molar-refractivity contribution is 6.02. The third-order valence-electron chi connectivity index (χ3n) is 5.16. The maximum Gasteiger partial charge on any atom is 0.231 e. The van der Waals surface area contributed by atoms with Crippen LogP contribution in [0, 0.1) is 10.4 Å². The predicted octanol–water partition coefficient (Wildman–Crippen LogP) is 2.81. The second-order valence-electron chi connectivity index (χ2n) is 6.99. The van der Waals surface area contributed by atoms with Crippen LogP contribution >= 0.6 is 0 Å². The van der Waals surface area contributed by atoms with Gasteiger partial charge in [0.1, 0.15) is 5.76 Å². The first-order valence-electron chi connectivity index (χ1n) is 9.18. The number of rotatable bonds is 3. The van der Waals surface area contributed by atoms with Crippen LogP contribution in [-0.4, -0.2) is 48.1 Å². The first-order chi connectivity index (χ1) is 14.0. The number of aliphatic hydroxyl groups excluding tert-OH is 1. The standard InChI is InChI=1S/C21H21N2O6/c1-22-10-9-15-16(11-22)19(27-2)21-20(28-12-29-21)18(15)17(24)8-5-13-3-6-14(7-4-13)23(25)26/h3-8H,9-12H2,1-2H3,(H-,24,25,26)/q-1. The number of aliphatic hydroxyl groups is 1. The fourth-order valence-corrected chi connectivity index (χ4v) is 3.74. The molecule has 1 aromatic rings. The van der Waals surface area contributed by atoms with Crippen LogP contribution in [0.5, 0.6) is 17.2 Å². The summed E-state index contributed by atoms with van der Waals surface area (Å²) in [5.74, 6) is 1.69. The molecule has 1 aromatic carbocycles. The molecule has 29 heavy (non-hydrogen) atoms. The Balaban J connectivity index is 1.77. The minimum Gasteiger partial charge on any atom is -0.612 e. The van der Waals surface area contributed by atoms with Crippen LogP contribution in [0.1, 0.15) is 16.7 Å². The van der Waals surface area contributed by atoms with Gasteiger partial charge in [-0.1, -0.05) is 6.08 Å². The summed E-state index contributed by atoms with van der Waals surface area (Å²) in [6.45, 7) is 1.60. The van der Waals surface area contributed by atoms with Gasteiger partial charge in [0, 0.05) is 30.8 Å². The highest BCUT2D eigenvalue weighted by Gasteiger charge is 2.33. The zero-order valence-electron chi connectivity index (χ0n) is 16.2. The lowest BCUT2D eigenvalue weighted by Crippen LogP contribution is -2.28. The number of hydrogen-bond acceptors (Lipinski definition) is 7. The summed E-state index contributed by atoms with van der Waals surface area (Å²) in [5.41, 5.74) is 3.33. The molecule has 0 saturated heterocycles. The molecule has 8 heteroatoms. The molecule has 2 heterocycles. The number of fused-ring (bicyclic) bond motifs is 2. The van der Waals surface area contributed by atoms with E-state index in [9.17, 15) is 15.5 Å². The highest BCUT2D eigenvalue weighted by Crippen LogP contribution is 2.51. The molecule has 1 N–H and O–H groups in total. The van der Waals surface area contributed by atoms with E-state index in [0.717, 1.165) is 29.7 Å². The molecule has 0 saturated carbocycles. The molecule has 4 rings (SSSR count). The van der Waals surface area contributed by atoms with Crippen LogP contribution < -0.4 is 14.2 Å². The largest absolute Gasteiger partial charge is 0.612 e. The Bertz CT molecular complexity index is 981. The van der Waals surface area contributed by atoms with Crippen molar-refractivity contribution in [2.24, 2.45) is 0 Å². The fraction of sp³-hybridized carbons (Fsp3) is 0.286. The topological polar surface area (TPSA) is 100 Å². The Morgan fingerprint density at radius 1 is 1.17 bits per heavy atom. The second-order valence-corrected chi connectivity index (χ2v) is 6.99. The lowest BCUT2D eigenvalue weighted by atomic mass is 9.91. The van der Waals surface area contributed by atoms with Gasteiger partial charge in [0.25, 0.3) is 0 Å². The van der Waals surface area contributed by atoms with Crippen LogP contribution in [0.3, 0.4) is 0 Å². The van der Waals surface area contributed by atoms with Gasteiger partial charge in [-0.15, -0.1) is 0 Å². The third-order valence-corrected chi connectivity index (χ3v) is 5.16. The molecule has 0 spiro atoms. The molecule has 0 amide bonds. The number of methoxy groups -OCH3 is 1. The van der Waals surface area contributed by atoms with Gasteiger partial charge in [-0.2, -0.15) is 4.90 Å². The first kappa shape index (κ1) is 18.9. The van der Waals surface area contributed by atoms with Gasteiger partial charge in [0.2, 0.25) is 18.3 Å². The predicted molar refractivity (Wildman–Crippen MR) is 108 cm³/mol. The summed E-state index contributed by atoms with van der Waals surface area (Å²) in [6.07, 6.45) is 10.1. The van der Waals surface area contributed by atoms with Gasteiger partial charge >= 0.3 is 0 Å². The molecule has 0 unspecified atom stereocenters. The van der Waals surface area contributed by atoms with E-state index >= 15 is 0 Å². The second kappa shape index (κ2) is 7.56. The summed E-state index contributed by atoms with van der Waals surface area (Å²) in [7, 11) is 3.63. The average molecular weight is 397 g/mol. The molecule has 8 nitrogen and oxygen atoms in total. The Labute approximate surface area is 168 Å². The van der Waals surface area contributed by atoms with E-state index in [-0.39, 0.29) is 18.3 Å². The van der Waals surface area contributed by atoms with E-state index < -0.39 is 4.90 Å². The molecule has 152 valence electrons. The van der Waals surface area contributed by atoms with E-state index in [1.807, 2.05) is 7.05 Å². The van der Waals surface area contributed by atoms with Crippen molar-refractivity contribution in [2.45, 2.75) is 13.0 Å². The molecule has 2 aliphatic heterocycles. The molecule has 0 radical (unpaired) electrons. The number of nitrogens with zero attached hydrogens (tertiary/aromatic N) is 2. The Hall–Kier alpha value is -3.39. The number of hydrogen-bond donors (Lipinski definition) is 1. The van der Waals surface area contributed by atoms with E-state index in [4.69, 9.17) is 14.2 Å². The Morgan fingerprint density at radius 3 is 2.59 bits per heavy atom. The van der Waals surface area contributed by atoms with E-state index in [2.05, 4.69) is 4.90 Å². The van der Waals surface area contributed by atoms with Crippen molar-refractivity contribution in [3.63, 3.8) is 0 Å².